The fourth-order valence-corrected chi connectivity index (χ4v) is 4.57. The van der Waals surface area contributed by atoms with E-state index in [1.54, 1.807) is 43.3 Å². The Hall–Kier alpha value is -2.83. The van der Waals surface area contributed by atoms with Crippen LogP contribution in [0.3, 0.4) is 0 Å². The molecule has 32 heavy (non-hydrogen) atoms. The number of rotatable bonds is 5. The first kappa shape index (κ1) is 22.4. The number of halogens is 1. The highest BCUT2D eigenvalue weighted by Crippen LogP contribution is 2.34. The lowest BCUT2D eigenvalue weighted by Gasteiger charge is -2.31. The van der Waals surface area contributed by atoms with E-state index in [-0.39, 0.29) is 17.6 Å². The van der Waals surface area contributed by atoms with Gasteiger partial charge in [0.1, 0.15) is 11.3 Å². The molecule has 3 aromatic rings. The summed E-state index contributed by atoms with van der Waals surface area (Å²) in [4.78, 5) is 27.2. The predicted octanol–water partition coefficient (Wildman–Crippen LogP) is 4.90. The number of piperidine rings is 1. The minimum atomic E-state index is -0.466. The van der Waals surface area contributed by atoms with E-state index in [2.05, 4.69) is 4.90 Å². The Kier molecular flexibility index (Phi) is 6.53. The monoisotopic (exact) mass is 455 g/mol. The highest BCUT2D eigenvalue weighted by molar-refractivity contribution is 6.30. The molecule has 2 aromatic carbocycles. The summed E-state index contributed by atoms with van der Waals surface area (Å²) in [6, 6.07) is 10.4. The number of hydrogen-bond acceptors (Lipinski definition) is 6. The van der Waals surface area contributed by atoms with Crippen molar-refractivity contribution in [2.45, 2.75) is 33.2 Å². The standard InChI is InChI=1S/C25H26ClNO5/c1-3-31-24(29)17-5-4-12-27(13-17)14-20-21(28)11-10-19-15(2)22(25(30)32-23(19)20)16-6-8-18(26)9-7-16/h6-11,17,28H,3-5,12-14H2,1-2H3. The van der Waals surface area contributed by atoms with Crippen molar-refractivity contribution >= 4 is 28.5 Å². The average molecular weight is 456 g/mol. The maximum absolute atomic E-state index is 13.0. The van der Waals surface area contributed by atoms with Crippen LogP contribution in [0.5, 0.6) is 5.75 Å². The van der Waals surface area contributed by atoms with Crippen LogP contribution in [-0.2, 0) is 16.1 Å². The van der Waals surface area contributed by atoms with Gasteiger partial charge >= 0.3 is 11.6 Å². The van der Waals surface area contributed by atoms with Gasteiger partial charge in [-0.3, -0.25) is 9.69 Å². The third-order valence-corrected chi connectivity index (χ3v) is 6.31. The lowest BCUT2D eigenvalue weighted by molar-refractivity contribution is -0.150. The normalized spacial score (nSPS) is 16.9. The Labute approximate surface area is 191 Å². The molecule has 168 valence electrons. The molecule has 0 saturated carbocycles. The zero-order valence-electron chi connectivity index (χ0n) is 18.2. The van der Waals surface area contributed by atoms with Crippen molar-refractivity contribution in [3.8, 4) is 16.9 Å². The van der Waals surface area contributed by atoms with Crippen molar-refractivity contribution in [1.29, 1.82) is 0 Å². The molecular formula is C25H26ClNO5. The van der Waals surface area contributed by atoms with Crippen LogP contribution in [0.25, 0.3) is 22.1 Å². The number of hydrogen-bond donors (Lipinski definition) is 1. The Balaban J connectivity index is 1.71. The molecule has 1 aliphatic rings. The molecule has 1 saturated heterocycles. The quantitative estimate of drug-likeness (QED) is 0.435. The van der Waals surface area contributed by atoms with Gasteiger partial charge in [-0.25, -0.2) is 4.79 Å². The fraction of sp³-hybridized carbons (Fsp3) is 0.360. The second-order valence-electron chi connectivity index (χ2n) is 8.16. The number of phenolic OH excluding ortho intramolecular Hbond substituents is 1. The summed E-state index contributed by atoms with van der Waals surface area (Å²) < 4.78 is 10.9. The van der Waals surface area contributed by atoms with E-state index < -0.39 is 5.63 Å². The molecule has 1 N–H and O–H groups in total. The van der Waals surface area contributed by atoms with Gasteiger partial charge in [0, 0.05) is 23.5 Å². The summed E-state index contributed by atoms with van der Waals surface area (Å²) >= 11 is 5.99. The number of aromatic hydroxyl groups is 1. The van der Waals surface area contributed by atoms with Crippen LogP contribution in [0.15, 0.2) is 45.6 Å². The van der Waals surface area contributed by atoms with Gasteiger partial charge in [-0.2, -0.15) is 0 Å². The Morgan fingerprint density at radius 2 is 2.00 bits per heavy atom. The number of likely N-dealkylation sites (tertiary alicyclic amines) is 1. The first-order chi connectivity index (χ1) is 15.4. The molecule has 1 unspecified atom stereocenters. The summed E-state index contributed by atoms with van der Waals surface area (Å²) in [5, 5.41) is 12.0. The third-order valence-electron chi connectivity index (χ3n) is 6.05. The molecule has 4 rings (SSSR count). The first-order valence-electron chi connectivity index (χ1n) is 10.8. The van der Waals surface area contributed by atoms with E-state index in [9.17, 15) is 14.7 Å². The topological polar surface area (TPSA) is 80.0 Å². The molecule has 1 fully saturated rings. The van der Waals surface area contributed by atoms with Crippen molar-refractivity contribution in [2.75, 3.05) is 19.7 Å². The lowest BCUT2D eigenvalue weighted by atomic mass is 9.96. The number of aryl methyl sites for hydroxylation is 1. The summed E-state index contributed by atoms with van der Waals surface area (Å²) in [5.41, 5.74) is 2.45. The average Bonchev–Trinajstić information content (AvgIpc) is 2.77. The van der Waals surface area contributed by atoms with Gasteiger partial charge in [-0.15, -0.1) is 0 Å². The zero-order chi connectivity index (χ0) is 22.8. The SMILES string of the molecule is CCOC(=O)C1CCCN(Cc2c(O)ccc3c(C)c(-c4ccc(Cl)cc4)c(=O)oc23)C1. The second-order valence-corrected chi connectivity index (χ2v) is 8.60. The molecule has 0 aliphatic carbocycles. The minimum absolute atomic E-state index is 0.0672. The van der Waals surface area contributed by atoms with Gasteiger partial charge in [0.25, 0.3) is 0 Å². The fourth-order valence-electron chi connectivity index (χ4n) is 4.44. The third kappa shape index (κ3) is 4.38. The van der Waals surface area contributed by atoms with Crippen LogP contribution < -0.4 is 5.63 Å². The molecule has 0 radical (unpaired) electrons. The number of nitrogens with zero attached hydrogens (tertiary/aromatic N) is 1. The van der Waals surface area contributed by atoms with Crippen LogP contribution in [0.1, 0.15) is 30.9 Å². The Bertz CT molecular complexity index is 1200. The van der Waals surface area contributed by atoms with Crippen molar-refractivity contribution < 1.29 is 19.1 Å². The van der Waals surface area contributed by atoms with Crippen molar-refractivity contribution in [2.24, 2.45) is 5.92 Å². The predicted molar refractivity (Wildman–Crippen MR) is 124 cm³/mol. The van der Waals surface area contributed by atoms with Crippen LogP contribution in [-0.4, -0.2) is 35.7 Å². The van der Waals surface area contributed by atoms with Crippen LogP contribution >= 0.6 is 11.6 Å². The van der Waals surface area contributed by atoms with Crippen molar-refractivity contribution in [3.63, 3.8) is 0 Å². The summed E-state index contributed by atoms with van der Waals surface area (Å²) in [6.45, 7) is 5.75. The first-order valence-corrected chi connectivity index (χ1v) is 11.2. The molecule has 0 bridgehead atoms. The number of fused-ring (bicyclic) bond motifs is 1. The van der Waals surface area contributed by atoms with E-state index in [0.717, 1.165) is 35.9 Å². The molecular weight excluding hydrogens is 430 g/mol. The van der Waals surface area contributed by atoms with Gasteiger partial charge in [-0.1, -0.05) is 23.7 Å². The maximum Gasteiger partial charge on any atom is 0.344 e. The van der Waals surface area contributed by atoms with Crippen molar-refractivity contribution in [1.82, 2.24) is 4.90 Å². The van der Waals surface area contributed by atoms with E-state index >= 15 is 0 Å². The van der Waals surface area contributed by atoms with Gasteiger partial charge < -0.3 is 14.3 Å². The number of esters is 1. The highest BCUT2D eigenvalue weighted by Gasteiger charge is 2.28. The Morgan fingerprint density at radius 3 is 2.72 bits per heavy atom. The number of ether oxygens (including phenoxy) is 1. The second kappa shape index (κ2) is 9.35. The van der Waals surface area contributed by atoms with Crippen LogP contribution in [0.4, 0.5) is 0 Å². The number of benzene rings is 2. The van der Waals surface area contributed by atoms with E-state index in [4.69, 9.17) is 20.8 Å². The van der Waals surface area contributed by atoms with E-state index in [1.165, 1.54) is 0 Å². The summed E-state index contributed by atoms with van der Waals surface area (Å²) in [5.74, 6) is -0.307. The smallest absolute Gasteiger partial charge is 0.344 e. The van der Waals surface area contributed by atoms with Crippen LogP contribution in [0.2, 0.25) is 5.02 Å². The molecule has 6 nitrogen and oxygen atoms in total. The molecule has 2 heterocycles. The summed E-state index contributed by atoms with van der Waals surface area (Å²) in [7, 11) is 0. The molecule has 1 aliphatic heterocycles. The molecule has 0 amide bonds. The van der Waals surface area contributed by atoms with Crippen LogP contribution in [0, 0.1) is 12.8 Å². The van der Waals surface area contributed by atoms with Crippen molar-refractivity contribution in [3.05, 3.63) is 63.0 Å². The highest BCUT2D eigenvalue weighted by atomic mass is 35.5. The number of phenols is 1. The van der Waals surface area contributed by atoms with Gasteiger partial charge in [0.15, 0.2) is 0 Å². The van der Waals surface area contributed by atoms with E-state index in [1.807, 2.05) is 6.92 Å². The number of carbonyl (C=O) groups excluding carboxylic acids is 1. The molecule has 7 heteroatoms. The van der Waals surface area contributed by atoms with Gasteiger partial charge in [0.2, 0.25) is 0 Å². The molecule has 0 spiro atoms. The molecule has 1 aromatic heterocycles. The zero-order valence-corrected chi connectivity index (χ0v) is 18.9. The number of carbonyl (C=O) groups is 1. The largest absolute Gasteiger partial charge is 0.507 e. The lowest BCUT2D eigenvalue weighted by Crippen LogP contribution is -2.39. The van der Waals surface area contributed by atoms with E-state index in [0.29, 0.717) is 41.4 Å². The molecule has 1 atom stereocenters. The maximum atomic E-state index is 13.0. The van der Waals surface area contributed by atoms with Gasteiger partial charge in [0.05, 0.1) is 23.7 Å². The minimum Gasteiger partial charge on any atom is -0.507 e. The summed E-state index contributed by atoms with van der Waals surface area (Å²) in [6.07, 6.45) is 1.65. The Morgan fingerprint density at radius 1 is 1.25 bits per heavy atom. The van der Waals surface area contributed by atoms with Gasteiger partial charge in [-0.05, 0) is 68.6 Å².